The number of ether oxygens (including phenoxy) is 2. The summed E-state index contributed by atoms with van der Waals surface area (Å²) in [4.78, 5) is 30.5. The molecule has 0 aliphatic carbocycles. The molecule has 9 heteroatoms. The molecule has 4 aromatic rings. The summed E-state index contributed by atoms with van der Waals surface area (Å²) >= 11 is 1.23. The maximum atomic E-state index is 13.2. The third kappa shape index (κ3) is 4.68. The molecule has 0 atom stereocenters. The summed E-state index contributed by atoms with van der Waals surface area (Å²) in [5.74, 6) is 0.972. The average Bonchev–Trinajstić information content (AvgIpc) is 3.21. The van der Waals surface area contributed by atoms with Gasteiger partial charge in [-0.1, -0.05) is 37.2 Å². The predicted octanol–water partition coefficient (Wildman–Crippen LogP) is 4.69. The molecule has 2 aromatic heterocycles. The maximum absolute atomic E-state index is 13.2. The Hall–Kier alpha value is -3.46. The lowest BCUT2D eigenvalue weighted by molar-refractivity contribution is -0.113. The third-order valence-corrected chi connectivity index (χ3v) is 6.16. The molecule has 2 aromatic carbocycles. The number of nitrogens with zero attached hydrogens (tertiary/aromatic N) is 2. The number of amides is 1. The number of nitrogens with one attached hydrogen (secondary N) is 1. The first kappa shape index (κ1) is 22.7. The van der Waals surface area contributed by atoms with E-state index in [1.165, 1.54) is 18.9 Å². The SMILES string of the molecule is CCCCn1c(SCC(=O)Nc2ccc(OC)c(OC)c2)nc2c(oc3ccccc32)c1=O. The fourth-order valence-electron chi connectivity index (χ4n) is 3.52. The van der Waals surface area contributed by atoms with E-state index in [-0.39, 0.29) is 22.8 Å². The van der Waals surface area contributed by atoms with Crippen molar-refractivity contribution in [2.75, 3.05) is 25.3 Å². The van der Waals surface area contributed by atoms with Gasteiger partial charge in [0.2, 0.25) is 11.5 Å². The fourth-order valence-corrected chi connectivity index (χ4v) is 4.34. The van der Waals surface area contributed by atoms with Crippen LogP contribution >= 0.6 is 11.8 Å². The number of carbonyl (C=O) groups excluding carboxylic acids is 1. The van der Waals surface area contributed by atoms with Gasteiger partial charge in [0.25, 0.3) is 5.56 Å². The van der Waals surface area contributed by atoms with Gasteiger partial charge in [0.05, 0.1) is 20.0 Å². The van der Waals surface area contributed by atoms with Crippen LogP contribution in [0.15, 0.2) is 56.8 Å². The number of hydrogen-bond donors (Lipinski definition) is 1. The quantitative estimate of drug-likeness (QED) is 0.282. The molecule has 0 fully saturated rings. The Labute approximate surface area is 194 Å². The fraction of sp³-hybridized carbons (Fsp3) is 0.292. The number of rotatable bonds is 9. The zero-order valence-corrected chi connectivity index (χ0v) is 19.5. The highest BCUT2D eigenvalue weighted by atomic mass is 32.2. The van der Waals surface area contributed by atoms with Gasteiger partial charge in [-0.15, -0.1) is 0 Å². The van der Waals surface area contributed by atoms with Crippen molar-refractivity contribution in [1.29, 1.82) is 0 Å². The highest BCUT2D eigenvalue weighted by Gasteiger charge is 2.18. The highest BCUT2D eigenvalue weighted by Crippen LogP contribution is 2.30. The number of fused-ring (bicyclic) bond motifs is 3. The summed E-state index contributed by atoms with van der Waals surface area (Å²) in [5, 5.41) is 4.12. The van der Waals surface area contributed by atoms with Crippen molar-refractivity contribution in [2.24, 2.45) is 0 Å². The van der Waals surface area contributed by atoms with E-state index in [0.717, 1.165) is 18.2 Å². The molecule has 33 heavy (non-hydrogen) atoms. The van der Waals surface area contributed by atoms with E-state index in [2.05, 4.69) is 12.2 Å². The molecule has 0 spiro atoms. The second-order valence-corrected chi connectivity index (χ2v) is 8.33. The molecule has 0 saturated carbocycles. The van der Waals surface area contributed by atoms with Gasteiger partial charge < -0.3 is 19.2 Å². The minimum Gasteiger partial charge on any atom is -0.493 e. The van der Waals surface area contributed by atoms with Crippen LogP contribution < -0.4 is 20.3 Å². The second kappa shape index (κ2) is 9.99. The summed E-state index contributed by atoms with van der Waals surface area (Å²) in [6, 6.07) is 12.6. The topological polar surface area (TPSA) is 95.6 Å². The summed E-state index contributed by atoms with van der Waals surface area (Å²) in [7, 11) is 3.09. The van der Waals surface area contributed by atoms with Gasteiger partial charge in [-0.2, -0.15) is 0 Å². The van der Waals surface area contributed by atoms with Gasteiger partial charge in [-0.05, 0) is 30.7 Å². The molecule has 0 aliphatic rings. The van der Waals surface area contributed by atoms with E-state index in [1.807, 2.05) is 24.3 Å². The van der Waals surface area contributed by atoms with Gasteiger partial charge in [0, 0.05) is 23.7 Å². The average molecular weight is 468 g/mol. The Kier molecular flexibility index (Phi) is 6.88. The van der Waals surface area contributed by atoms with Crippen molar-refractivity contribution in [1.82, 2.24) is 9.55 Å². The van der Waals surface area contributed by atoms with Crippen molar-refractivity contribution in [3.63, 3.8) is 0 Å². The highest BCUT2D eigenvalue weighted by molar-refractivity contribution is 7.99. The first-order chi connectivity index (χ1) is 16.0. The molecule has 0 unspecified atom stereocenters. The van der Waals surface area contributed by atoms with Crippen LogP contribution in [-0.4, -0.2) is 35.4 Å². The Morgan fingerprint density at radius 2 is 1.94 bits per heavy atom. The largest absolute Gasteiger partial charge is 0.493 e. The van der Waals surface area contributed by atoms with Crippen LogP contribution in [0.4, 0.5) is 5.69 Å². The number of unbranched alkanes of at least 4 members (excludes halogenated alkanes) is 1. The zero-order chi connectivity index (χ0) is 23.4. The van der Waals surface area contributed by atoms with Crippen molar-refractivity contribution in [3.8, 4) is 11.5 Å². The molecule has 1 amide bonds. The van der Waals surface area contributed by atoms with E-state index < -0.39 is 0 Å². The number of furan rings is 1. The molecular weight excluding hydrogens is 442 g/mol. The van der Waals surface area contributed by atoms with Crippen LogP contribution in [0.3, 0.4) is 0 Å². The van der Waals surface area contributed by atoms with Gasteiger partial charge in [0.1, 0.15) is 11.1 Å². The molecule has 172 valence electrons. The zero-order valence-electron chi connectivity index (χ0n) is 18.7. The summed E-state index contributed by atoms with van der Waals surface area (Å²) in [6.45, 7) is 2.57. The summed E-state index contributed by atoms with van der Waals surface area (Å²) in [5.41, 5.74) is 1.74. The van der Waals surface area contributed by atoms with E-state index in [1.54, 1.807) is 29.9 Å². The molecule has 1 N–H and O–H groups in total. The van der Waals surface area contributed by atoms with E-state index in [9.17, 15) is 9.59 Å². The Morgan fingerprint density at radius 3 is 2.70 bits per heavy atom. The van der Waals surface area contributed by atoms with Crippen molar-refractivity contribution < 1.29 is 18.7 Å². The molecule has 4 rings (SSSR count). The smallest absolute Gasteiger partial charge is 0.297 e. The third-order valence-electron chi connectivity index (χ3n) is 5.18. The number of anilines is 1. The molecule has 2 heterocycles. The standard InChI is InChI=1S/C24H25N3O5S/c1-4-5-12-27-23(29)22-21(16-8-6-7-9-17(16)32-22)26-24(27)33-14-20(28)25-15-10-11-18(30-2)19(13-15)31-3/h6-11,13H,4-5,12,14H2,1-3H3,(H,25,28). The Balaban J connectivity index is 1.60. The minimum absolute atomic E-state index is 0.0915. The number of para-hydroxylation sites is 1. The number of aromatic nitrogens is 2. The van der Waals surface area contributed by atoms with Gasteiger partial charge >= 0.3 is 0 Å². The van der Waals surface area contributed by atoms with Gasteiger partial charge in [0.15, 0.2) is 16.7 Å². The van der Waals surface area contributed by atoms with Crippen LogP contribution in [0.1, 0.15) is 19.8 Å². The molecule has 0 saturated heterocycles. The first-order valence-corrected chi connectivity index (χ1v) is 11.6. The van der Waals surface area contributed by atoms with Crippen molar-refractivity contribution in [3.05, 3.63) is 52.8 Å². The number of carbonyl (C=O) groups is 1. The summed E-state index contributed by atoms with van der Waals surface area (Å²) in [6.07, 6.45) is 1.74. The van der Waals surface area contributed by atoms with Gasteiger partial charge in [-0.25, -0.2) is 4.98 Å². The van der Waals surface area contributed by atoms with Crippen LogP contribution in [0.5, 0.6) is 11.5 Å². The molecule has 0 bridgehead atoms. The normalized spacial score (nSPS) is 11.1. The molecule has 0 aliphatic heterocycles. The van der Waals surface area contributed by atoms with E-state index in [4.69, 9.17) is 18.9 Å². The van der Waals surface area contributed by atoms with E-state index >= 15 is 0 Å². The minimum atomic E-state index is -0.229. The second-order valence-electron chi connectivity index (χ2n) is 7.39. The predicted molar refractivity (Wildman–Crippen MR) is 130 cm³/mol. The molecule has 8 nitrogen and oxygen atoms in total. The molecular formula is C24H25N3O5S. The van der Waals surface area contributed by atoms with E-state index in [0.29, 0.717) is 40.0 Å². The Bertz CT molecular complexity index is 1360. The van der Waals surface area contributed by atoms with Crippen molar-refractivity contribution in [2.45, 2.75) is 31.5 Å². The van der Waals surface area contributed by atoms with Gasteiger partial charge in [-0.3, -0.25) is 14.2 Å². The lowest BCUT2D eigenvalue weighted by Crippen LogP contribution is -2.24. The summed E-state index contributed by atoms with van der Waals surface area (Å²) < 4.78 is 17.9. The lowest BCUT2D eigenvalue weighted by Gasteiger charge is -2.12. The monoisotopic (exact) mass is 467 g/mol. The van der Waals surface area contributed by atoms with Crippen LogP contribution in [0, 0.1) is 0 Å². The van der Waals surface area contributed by atoms with Crippen LogP contribution in [0.2, 0.25) is 0 Å². The maximum Gasteiger partial charge on any atom is 0.297 e. The lowest BCUT2D eigenvalue weighted by atomic mass is 10.2. The number of benzene rings is 2. The van der Waals surface area contributed by atoms with Crippen molar-refractivity contribution >= 4 is 45.4 Å². The number of hydrogen-bond acceptors (Lipinski definition) is 7. The first-order valence-electron chi connectivity index (χ1n) is 10.6. The van der Waals surface area contributed by atoms with Crippen LogP contribution in [-0.2, 0) is 11.3 Å². The molecule has 0 radical (unpaired) electrons. The number of methoxy groups -OCH3 is 2. The van der Waals surface area contributed by atoms with Crippen LogP contribution in [0.25, 0.3) is 22.1 Å². The number of thioether (sulfide) groups is 1. The Morgan fingerprint density at radius 1 is 1.15 bits per heavy atom.